The lowest BCUT2D eigenvalue weighted by atomic mass is 10.1. The van der Waals surface area contributed by atoms with Gasteiger partial charge in [-0.05, 0) is 26.3 Å². The summed E-state index contributed by atoms with van der Waals surface area (Å²) in [5.41, 5.74) is 0. The van der Waals surface area contributed by atoms with E-state index in [0.29, 0.717) is 18.8 Å². The van der Waals surface area contributed by atoms with Crippen LogP contribution in [0.2, 0.25) is 0 Å². The molecule has 96 valence electrons. The van der Waals surface area contributed by atoms with Crippen LogP contribution >= 0.6 is 0 Å². The van der Waals surface area contributed by atoms with E-state index in [-0.39, 0.29) is 6.10 Å². The van der Waals surface area contributed by atoms with E-state index >= 15 is 0 Å². The SMILES string of the molecule is CCNC1CCCCCC1OC(C)COC. The van der Waals surface area contributed by atoms with Gasteiger partial charge < -0.3 is 14.8 Å². The Balaban J connectivity index is 2.43. The van der Waals surface area contributed by atoms with E-state index in [1.165, 1.54) is 32.1 Å². The topological polar surface area (TPSA) is 30.5 Å². The van der Waals surface area contributed by atoms with Crippen LogP contribution in [0.1, 0.15) is 46.0 Å². The van der Waals surface area contributed by atoms with Crippen molar-refractivity contribution >= 4 is 0 Å². The van der Waals surface area contributed by atoms with Gasteiger partial charge in [0.05, 0.1) is 18.8 Å². The molecule has 1 fully saturated rings. The fourth-order valence-corrected chi connectivity index (χ4v) is 2.50. The second-order valence-electron chi connectivity index (χ2n) is 4.74. The number of rotatable bonds is 6. The molecule has 0 aromatic carbocycles. The van der Waals surface area contributed by atoms with Crippen molar-refractivity contribution in [2.45, 2.75) is 64.2 Å². The van der Waals surface area contributed by atoms with Gasteiger partial charge in [0.1, 0.15) is 0 Å². The van der Waals surface area contributed by atoms with E-state index in [1.807, 2.05) is 0 Å². The Labute approximate surface area is 99.9 Å². The van der Waals surface area contributed by atoms with E-state index < -0.39 is 0 Å². The van der Waals surface area contributed by atoms with Crippen LogP contribution in [-0.2, 0) is 9.47 Å². The maximum atomic E-state index is 6.09. The van der Waals surface area contributed by atoms with Gasteiger partial charge in [-0.3, -0.25) is 0 Å². The molecule has 0 bridgehead atoms. The molecule has 1 N–H and O–H groups in total. The third kappa shape index (κ3) is 4.81. The highest BCUT2D eigenvalue weighted by molar-refractivity contribution is 4.80. The molecule has 0 saturated heterocycles. The van der Waals surface area contributed by atoms with Crippen LogP contribution in [0.15, 0.2) is 0 Å². The fraction of sp³-hybridized carbons (Fsp3) is 1.00. The Morgan fingerprint density at radius 3 is 2.69 bits per heavy atom. The normalized spacial score (nSPS) is 28.7. The first-order valence-electron chi connectivity index (χ1n) is 6.65. The van der Waals surface area contributed by atoms with Crippen molar-refractivity contribution in [3.05, 3.63) is 0 Å². The lowest BCUT2D eigenvalue weighted by Gasteiger charge is -2.28. The molecular weight excluding hydrogens is 202 g/mol. The van der Waals surface area contributed by atoms with E-state index in [0.717, 1.165) is 6.54 Å². The predicted molar refractivity (Wildman–Crippen MR) is 66.8 cm³/mol. The maximum absolute atomic E-state index is 6.09. The van der Waals surface area contributed by atoms with Crippen molar-refractivity contribution in [3.8, 4) is 0 Å². The number of ether oxygens (including phenoxy) is 2. The highest BCUT2D eigenvalue weighted by Crippen LogP contribution is 2.21. The van der Waals surface area contributed by atoms with E-state index in [1.54, 1.807) is 7.11 Å². The molecule has 0 amide bonds. The van der Waals surface area contributed by atoms with Crippen molar-refractivity contribution in [2.75, 3.05) is 20.3 Å². The van der Waals surface area contributed by atoms with Gasteiger partial charge in [-0.25, -0.2) is 0 Å². The minimum atomic E-state index is 0.203. The van der Waals surface area contributed by atoms with Crippen LogP contribution in [0.25, 0.3) is 0 Å². The zero-order valence-electron chi connectivity index (χ0n) is 11.0. The summed E-state index contributed by atoms with van der Waals surface area (Å²) in [6.07, 6.45) is 6.98. The maximum Gasteiger partial charge on any atom is 0.0784 e. The zero-order valence-corrected chi connectivity index (χ0v) is 11.0. The molecule has 3 nitrogen and oxygen atoms in total. The summed E-state index contributed by atoms with van der Waals surface area (Å²) >= 11 is 0. The molecule has 1 rings (SSSR count). The standard InChI is InChI=1S/C13H27NO2/c1-4-14-12-8-6-5-7-9-13(12)16-11(2)10-15-3/h11-14H,4-10H2,1-3H3. The van der Waals surface area contributed by atoms with Gasteiger partial charge in [0, 0.05) is 13.2 Å². The molecule has 1 aliphatic carbocycles. The highest BCUT2D eigenvalue weighted by Gasteiger charge is 2.25. The van der Waals surface area contributed by atoms with Crippen molar-refractivity contribution < 1.29 is 9.47 Å². The molecule has 3 heteroatoms. The second-order valence-corrected chi connectivity index (χ2v) is 4.74. The Morgan fingerprint density at radius 2 is 2.00 bits per heavy atom. The first-order valence-corrected chi connectivity index (χ1v) is 6.65. The molecule has 0 radical (unpaired) electrons. The molecule has 1 aliphatic rings. The predicted octanol–water partition coefficient (Wildman–Crippen LogP) is 2.35. The molecule has 1 saturated carbocycles. The number of likely N-dealkylation sites (N-methyl/N-ethyl adjacent to an activating group) is 1. The molecule has 0 spiro atoms. The van der Waals surface area contributed by atoms with Gasteiger partial charge in [0.15, 0.2) is 0 Å². The second kappa shape index (κ2) is 8.04. The summed E-state index contributed by atoms with van der Waals surface area (Å²) in [6, 6.07) is 0.534. The molecule has 0 aromatic heterocycles. The minimum Gasteiger partial charge on any atom is -0.382 e. The fourth-order valence-electron chi connectivity index (χ4n) is 2.50. The highest BCUT2D eigenvalue weighted by atomic mass is 16.5. The Hall–Kier alpha value is -0.120. The van der Waals surface area contributed by atoms with Crippen LogP contribution in [0, 0.1) is 0 Å². The van der Waals surface area contributed by atoms with Crippen molar-refractivity contribution in [1.82, 2.24) is 5.32 Å². The van der Waals surface area contributed by atoms with E-state index in [2.05, 4.69) is 19.2 Å². The van der Waals surface area contributed by atoms with Crippen molar-refractivity contribution in [2.24, 2.45) is 0 Å². The molecule has 0 heterocycles. The van der Waals surface area contributed by atoms with E-state index in [9.17, 15) is 0 Å². The summed E-state index contributed by atoms with van der Waals surface area (Å²) in [5.74, 6) is 0. The Kier molecular flexibility index (Phi) is 7.01. The summed E-state index contributed by atoms with van der Waals surface area (Å²) in [7, 11) is 1.73. The zero-order chi connectivity index (χ0) is 11.8. The summed E-state index contributed by atoms with van der Waals surface area (Å²) < 4.78 is 11.2. The lowest BCUT2D eigenvalue weighted by Crippen LogP contribution is -2.42. The quantitative estimate of drug-likeness (QED) is 0.709. The van der Waals surface area contributed by atoms with Gasteiger partial charge in [-0.2, -0.15) is 0 Å². The third-order valence-corrected chi connectivity index (χ3v) is 3.23. The van der Waals surface area contributed by atoms with Crippen molar-refractivity contribution in [3.63, 3.8) is 0 Å². The summed E-state index contributed by atoms with van der Waals surface area (Å²) in [6.45, 7) is 5.98. The number of nitrogens with one attached hydrogen (secondary N) is 1. The molecule has 3 unspecified atom stereocenters. The first kappa shape index (κ1) is 13.9. The van der Waals surface area contributed by atoms with E-state index in [4.69, 9.17) is 9.47 Å². The van der Waals surface area contributed by atoms with Crippen LogP contribution in [0.3, 0.4) is 0 Å². The van der Waals surface area contributed by atoms with Gasteiger partial charge >= 0.3 is 0 Å². The van der Waals surface area contributed by atoms with Crippen LogP contribution in [-0.4, -0.2) is 38.5 Å². The number of hydrogen-bond donors (Lipinski definition) is 1. The van der Waals surface area contributed by atoms with Gasteiger partial charge in [-0.1, -0.05) is 26.2 Å². The Morgan fingerprint density at radius 1 is 1.25 bits per heavy atom. The average Bonchev–Trinajstić information content (AvgIpc) is 2.46. The van der Waals surface area contributed by atoms with Crippen LogP contribution in [0.5, 0.6) is 0 Å². The van der Waals surface area contributed by atoms with Crippen molar-refractivity contribution in [1.29, 1.82) is 0 Å². The van der Waals surface area contributed by atoms with Crippen LogP contribution < -0.4 is 5.32 Å². The first-order chi connectivity index (χ1) is 7.77. The van der Waals surface area contributed by atoms with Gasteiger partial charge in [0.25, 0.3) is 0 Å². The summed E-state index contributed by atoms with van der Waals surface area (Å²) in [4.78, 5) is 0. The molecule has 3 atom stereocenters. The molecular formula is C13H27NO2. The molecule has 0 aliphatic heterocycles. The summed E-state index contributed by atoms with van der Waals surface area (Å²) in [5, 5.41) is 3.56. The Bertz CT molecular complexity index is 175. The molecule has 16 heavy (non-hydrogen) atoms. The third-order valence-electron chi connectivity index (χ3n) is 3.23. The van der Waals surface area contributed by atoms with Gasteiger partial charge in [-0.15, -0.1) is 0 Å². The van der Waals surface area contributed by atoms with Gasteiger partial charge in [0.2, 0.25) is 0 Å². The average molecular weight is 229 g/mol. The number of hydrogen-bond acceptors (Lipinski definition) is 3. The number of methoxy groups -OCH3 is 1. The lowest BCUT2D eigenvalue weighted by molar-refractivity contribution is -0.0554. The minimum absolute atomic E-state index is 0.203. The van der Waals surface area contributed by atoms with Crippen LogP contribution in [0.4, 0.5) is 0 Å². The smallest absolute Gasteiger partial charge is 0.0784 e. The largest absolute Gasteiger partial charge is 0.382 e. The monoisotopic (exact) mass is 229 g/mol. The molecule has 0 aromatic rings.